The predicted octanol–water partition coefficient (Wildman–Crippen LogP) is 1.00. The fourth-order valence-corrected chi connectivity index (χ4v) is 4.09. The topological polar surface area (TPSA) is 96.4 Å². The minimum Gasteiger partial charge on any atom is -0.508 e. The molecule has 0 bridgehead atoms. The van der Waals surface area contributed by atoms with Crippen molar-refractivity contribution < 1.29 is 19.5 Å². The van der Waals surface area contributed by atoms with Gasteiger partial charge in [0.1, 0.15) is 18.5 Å². The van der Waals surface area contributed by atoms with Crippen LogP contribution in [-0.4, -0.2) is 82.2 Å². The highest BCUT2D eigenvalue weighted by molar-refractivity contribution is 5.89. The summed E-state index contributed by atoms with van der Waals surface area (Å²) in [5.74, 6) is -0.122. The van der Waals surface area contributed by atoms with Gasteiger partial charge in [0.05, 0.1) is 13.1 Å². The van der Waals surface area contributed by atoms with Crippen molar-refractivity contribution in [2.75, 3.05) is 33.2 Å². The fourth-order valence-electron chi connectivity index (χ4n) is 4.09. The molecule has 2 heterocycles. The van der Waals surface area contributed by atoms with Crippen LogP contribution >= 0.6 is 0 Å². The number of nitrogens with zero attached hydrogens (tertiary/aromatic N) is 4. The number of amides is 4. The molecule has 0 aromatic heterocycles. The summed E-state index contributed by atoms with van der Waals surface area (Å²) < 4.78 is 0. The maximum atomic E-state index is 13.1. The van der Waals surface area contributed by atoms with Crippen molar-refractivity contribution >= 4 is 17.8 Å². The van der Waals surface area contributed by atoms with Gasteiger partial charge in [-0.2, -0.15) is 0 Å². The van der Waals surface area contributed by atoms with Crippen LogP contribution in [0.25, 0.3) is 0 Å². The molecule has 4 rings (SSSR count). The minimum absolute atomic E-state index is 0.0282. The maximum Gasteiger partial charge on any atom is 0.334 e. The molecule has 0 saturated carbocycles. The number of benzene rings is 2. The zero-order valence-corrected chi connectivity index (χ0v) is 18.0. The van der Waals surface area contributed by atoms with Crippen molar-refractivity contribution in [3.8, 4) is 5.75 Å². The molecule has 2 saturated heterocycles. The Bertz CT molecular complexity index is 982. The number of aromatic hydroxyl groups is 1. The SMILES string of the molecule is CN1CC(=O)N2CC(=O)N(CCc3ccccc3)CC2N1C(=O)NCc1ccc(O)cc1. The van der Waals surface area contributed by atoms with Crippen molar-refractivity contribution in [2.24, 2.45) is 0 Å². The number of hydrazine groups is 1. The van der Waals surface area contributed by atoms with Crippen LogP contribution in [0, 0.1) is 0 Å². The van der Waals surface area contributed by atoms with Crippen LogP contribution in [0.2, 0.25) is 0 Å². The van der Waals surface area contributed by atoms with E-state index < -0.39 is 6.17 Å². The Hall–Kier alpha value is -3.59. The van der Waals surface area contributed by atoms with E-state index in [1.165, 1.54) is 9.91 Å². The lowest BCUT2D eigenvalue weighted by Gasteiger charge is -2.51. The summed E-state index contributed by atoms with van der Waals surface area (Å²) in [4.78, 5) is 41.5. The number of carbonyl (C=O) groups excluding carboxylic acids is 3. The van der Waals surface area contributed by atoms with Crippen molar-refractivity contribution in [3.05, 3.63) is 65.7 Å². The van der Waals surface area contributed by atoms with E-state index in [1.807, 2.05) is 30.3 Å². The molecular weight excluding hydrogens is 410 g/mol. The summed E-state index contributed by atoms with van der Waals surface area (Å²) in [6.07, 6.45) is 0.144. The van der Waals surface area contributed by atoms with Gasteiger partial charge in [-0.15, -0.1) is 0 Å². The quantitative estimate of drug-likeness (QED) is 0.728. The Balaban J connectivity index is 1.45. The van der Waals surface area contributed by atoms with Gasteiger partial charge in [-0.05, 0) is 29.7 Å². The van der Waals surface area contributed by atoms with Crippen LogP contribution in [-0.2, 0) is 22.6 Å². The van der Waals surface area contributed by atoms with E-state index in [1.54, 1.807) is 41.2 Å². The predicted molar refractivity (Wildman–Crippen MR) is 117 cm³/mol. The van der Waals surface area contributed by atoms with Crippen LogP contribution < -0.4 is 5.32 Å². The number of urea groups is 1. The Morgan fingerprint density at radius 2 is 1.72 bits per heavy atom. The molecule has 2 aromatic carbocycles. The number of likely N-dealkylation sites (N-methyl/N-ethyl adjacent to an activating group) is 1. The standard InChI is InChI=1S/C23H27N5O4/c1-25-15-22(31)27-16-21(30)26(12-11-17-5-3-2-4-6-17)14-20(27)28(25)23(32)24-13-18-7-9-19(29)10-8-18/h2-10,20,29H,11-16H2,1H3,(H,24,32). The number of hydrogen-bond acceptors (Lipinski definition) is 5. The molecule has 0 spiro atoms. The molecule has 0 radical (unpaired) electrons. The second-order valence-corrected chi connectivity index (χ2v) is 8.06. The van der Waals surface area contributed by atoms with Crippen molar-refractivity contribution in [1.29, 1.82) is 0 Å². The van der Waals surface area contributed by atoms with E-state index in [2.05, 4.69) is 5.32 Å². The first-order chi connectivity index (χ1) is 15.4. The largest absolute Gasteiger partial charge is 0.508 e. The normalized spacial score (nSPS) is 19.2. The minimum atomic E-state index is -0.561. The second-order valence-electron chi connectivity index (χ2n) is 8.06. The highest BCUT2D eigenvalue weighted by atomic mass is 16.3. The molecular formula is C23H27N5O4. The second kappa shape index (κ2) is 9.27. The van der Waals surface area contributed by atoms with Gasteiger partial charge in [0.2, 0.25) is 11.8 Å². The number of nitrogens with one attached hydrogen (secondary N) is 1. The first-order valence-corrected chi connectivity index (χ1v) is 10.6. The van der Waals surface area contributed by atoms with Crippen LogP contribution in [0.15, 0.2) is 54.6 Å². The number of hydrogen-bond donors (Lipinski definition) is 2. The third-order valence-corrected chi connectivity index (χ3v) is 5.84. The van der Waals surface area contributed by atoms with Crippen molar-refractivity contribution in [1.82, 2.24) is 25.1 Å². The number of rotatable bonds is 5. The first kappa shape index (κ1) is 21.6. The van der Waals surface area contributed by atoms with Gasteiger partial charge in [-0.25, -0.2) is 14.8 Å². The third-order valence-electron chi connectivity index (χ3n) is 5.84. The first-order valence-electron chi connectivity index (χ1n) is 10.6. The Morgan fingerprint density at radius 3 is 2.44 bits per heavy atom. The fraction of sp³-hybridized carbons (Fsp3) is 0.348. The molecule has 32 heavy (non-hydrogen) atoms. The van der Waals surface area contributed by atoms with Gasteiger partial charge in [-0.3, -0.25) is 9.59 Å². The molecule has 9 nitrogen and oxygen atoms in total. The molecule has 2 aliphatic heterocycles. The summed E-state index contributed by atoms with van der Waals surface area (Å²) in [6.45, 7) is 1.05. The molecule has 2 aliphatic rings. The van der Waals surface area contributed by atoms with Crippen LogP contribution in [0.4, 0.5) is 4.79 Å². The lowest BCUT2D eigenvalue weighted by molar-refractivity contribution is -0.178. The average molecular weight is 438 g/mol. The van der Waals surface area contributed by atoms with E-state index in [-0.39, 0.29) is 49.8 Å². The summed E-state index contributed by atoms with van der Waals surface area (Å²) in [5.41, 5.74) is 1.97. The van der Waals surface area contributed by atoms with Gasteiger partial charge in [0.15, 0.2) is 0 Å². The Morgan fingerprint density at radius 1 is 1.00 bits per heavy atom. The number of carbonyl (C=O) groups is 3. The van der Waals surface area contributed by atoms with Gasteiger partial charge in [-0.1, -0.05) is 42.5 Å². The number of piperazine rings is 1. The lowest BCUT2D eigenvalue weighted by Crippen LogP contribution is -2.73. The zero-order valence-electron chi connectivity index (χ0n) is 18.0. The molecule has 0 aliphatic carbocycles. The molecule has 2 N–H and O–H groups in total. The molecule has 4 amide bonds. The third kappa shape index (κ3) is 4.67. The smallest absolute Gasteiger partial charge is 0.334 e. The number of phenols is 1. The summed E-state index contributed by atoms with van der Waals surface area (Å²) in [5, 5.41) is 15.4. The Labute approximate surface area is 186 Å². The zero-order chi connectivity index (χ0) is 22.7. The molecule has 168 valence electrons. The molecule has 2 aromatic rings. The van der Waals surface area contributed by atoms with Gasteiger partial charge >= 0.3 is 6.03 Å². The monoisotopic (exact) mass is 437 g/mol. The van der Waals surface area contributed by atoms with Crippen LogP contribution in [0.3, 0.4) is 0 Å². The van der Waals surface area contributed by atoms with Crippen molar-refractivity contribution in [3.63, 3.8) is 0 Å². The van der Waals surface area contributed by atoms with Crippen LogP contribution in [0.5, 0.6) is 5.75 Å². The summed E-state index contributed by atoms with van der Waals surface area (Å²) in [6, 6.07) is 16.1. The van der Waals surface area contributed by atoms with E-state index in [0.717, 1.165) is 11.1 Å². The van der Waals surface area contributed by atoms with E-state index >= 15 is 0 Å². The van der Waals surface area contributed by atoms with Crippen LogP contribution in [0.1, 0.15) is 11.1 Å². The molecule has 2 fully saturated rings. The molecule has 9 heteroatoms. The molecule has 1 atom stereocenters. The molecule has 1 unspecified atom stereocenters. The maximum absolute atomic E-state index is 13.1. The number of phenolic OH excluding ortho intramolecular Hbond substituents is 1. The van der Waals surface area contributed by atoms with Crippen molar-refractivity contribution in [2.45, 2.75) is 19.1 Å². The van der Waals surface area contributed by atoms with Gasteiger partial charge < -0.3 is 20.2 Å². The van der Waals surface area contributed by atoms with E-state index in [4.69, 9.17) is 0 Å². The average Bonchev–Trinajstić information content (AvgIpc) is 2.78. The van der Waals surface area contributed by atoms with E-state index in [9.17, 15) is 19.5 Å². The summed E-state index contributed by atoms with van der Waals surface area (Å²) in [7, 11) is 1.69. The van der Waals surface area contributed by atoms with Gasteiger partial charge in [0, 0.05) is 20.1 Å². The van der Waals surface area contributed by atoms with E-state index in [0.29, 0.717) is 13.0 Å². The van der Waals surface area contributed by atoms with Gasteiger partial charge in [0.25, 0.3) is 0 Å². The highest BCUT2D eigenvalue weighted by Crippen LogP contribution is 2.22. The number of fused-ring (bicyclic) bond motifs is 1. The lowest BCUT2D eigenvalue weighted by atomic mass is 10.1. The Kier molecular flexibility index (Phi) is 6.27. The highest BCUT2D eigenvalue weighted by Gasteiger charge is 2.45. The summed E-state index contributed by atoms with van der Waals surface area (Å²) >= 11 is 0.